The predicted molar refractivity (Wildman–Crippen MR) is 146 cm³/mol. The number of morpholine rings is 1. The number of aromatic amines is 1. The second kappa shape index (κ2) is 10.3. The Labute approximate surface area is 212 Å². The summed E-state index contributed by atoms with van der Waals surface area (Å²) in [5.74, 6) is 2.68. The number of H-pyrrole nitrogens is 1. The SMILES string of the molecule is COc1ccc2cc(-c3nc(C(C)(C)C)[nH]c3-c3ccnc(NCCN4CCOCC4)c3)ccc2c1. The maximum atomic E-state index is 5.45. The van der Waals surface area contributed by atoms with Crippen molar-refractivity contribution in [2.24, 2.45) is 0 Å². The Bertz CT molecular complexity index is 1340. The molecular weight excluding hydrogens is 450 g/mol. The quantitative estimate of drug-likeness (QED) is 0.368. The highest BCUT2D eigenvalue weighted by Crippen LogP contribution is 2.35. The molecule has 2 N–H and O–H groups in total. The van der Waals surface area contributed by atoms with Gasteiger partial charge in [-0.05, 0) is 41.1 Å². The van der Waals surface area contributed by atoms with Crippen LogP contribution in [0.3, 0.4) is 0 Å². The molecule has 0 unspecified atom stereocenters. The summed E-state index contributed by atoms with van der Waals surface area (Å²) in [6.07, 6.45) is 1.86. The van der Waals surface area contributed by atoms with Crippen molar-refractivity contribution >= 4 is 16.6 Å². The van der Waals surface area contributed by atoms with Gasteiger partial charge in [-0.2, -0.15) is 0 Å². The fourth-order valence-corrected chi connectivity index (χ4v) is 4.49. The van der Waals surface area contributed by atoms with E-state index >= 15 is 0 Å². The first-order valence-corrected chi connectivity index (χ1v) is 12.6. The predicted octanol–water partition coefficient (Wildman–Crippen LogP) is 5.34. The van der Waals surface area contributed by atoms with E-state index in [0.717, 1.165) is 90.1 Å². The Morgan fingerprint density at radius 2 is 1.78 bits per heavy atom. The van der Waals surface area contributed by atoms with E-state index in [4.69, 9.17) is 14.5 Å². The van der Waals surface area contributed by atoms with Gasteiger partial charge >= 0.3 is 0 Å². The maximum absolute atomic E-state index is 5.45. The minimum atomic E-state index is -0.108. The summed E-state index contributed by atoms with van der Waals surface area (Å²) < 4.78 is 10.8. The lowest BCUT2D eigenvalue weighted by Gasteiger charge is -2.26. The van der Waals surface area contributed by atoms with Crippen molar-refractivity contribution in [3.05, 3.63) is 60.6 Å². The van der Waals surface area contributed by atoms with Crippen LogP contribution in [0, 0.1) is 0 Å². The number of ether oxygens (including phenoxy) is 2. The van der Waals surface area contributed by atoms with Crippen LogP contribution >= 0.6 is 0 Å². The number of anilines is 1. The van der Waals surface area contributed by atoms with Crippen molar-refractivity contribution < 1.29 is 9.47 Å². The number of benzene rings is 2. The first-order valence-electron chi connectivity index (χ1n) is 12.6. The molecule has 2 aromatic carbocycles. The zero-order chi connectivity index (χ0) is 25.1. The van der Waals surface area contributed by atoms with Crippen molar-refractivity contribution in [3.8, 4) is 28.3 Å². The van der Waals surface area contributed by atoms with Crippen molar-refractivity contribution in [1.29, 1.82) is 0 Å². The third kappa shape index (κ3) is 5.37. The van der Waals surface area contributed by atoms with Crippen LogP contribution in [0.1, 0.15) is 26.6 Å². The molecule has 1 aliphatic heterocycles. The molecule has 5 rings (SSSR count). The van der Waals surface area contributed by atoms with Crippen LogP contribution in [0.2, 0.25) is 0 Å². The number of fused-ring (bicyclic) bond motifs is 1. The number of hydrogen-bond donors (Lipinski definition) is 2. The van der Waals surface area contributed by atoms with E-state index in [1.54, 1.807) is 7.11 Å². The normalized spacial score (nSPS) is 14.8. The summed E-state index contributed by atoms with van der Waals surface area (Å²) >= 11 is 0. The van der Waals surface area contributed by atoms with Crippen molar-refractivity contribution in [1.82, 2.24) is 19.9 Å². The molecule has 7 heteroatoms. The number of methoxy groups -OCH3 is 1. The Kier molecular flexibility index (Phi) is 6.94. The number of nitrogens with one attached hydrogen (secondary N) is 2. The lowest BCUT2D eigenvalue weighted by molar-refractivity contribution is 0.0398. The highest BCUT2D eigenvalue weighted by atomic mass is 16.5. The van der Waals surface area contributed by atoms with Crippen LogP contribution < -0.4 is 10.1 Å². The minimum absolute atomic E-state index is 0.108. The molecule has 7 nitrogen and oxygen atoms in total. The molecule has 0 amide bonds. The van der Waals surface area contributed by atoms with Crippen LogP contribution in [-0.4, -0.2) is 66.4 Å². The zero-order valence-corrected chi connectivity index (χ0v) is 21.6. The molecule has 1 saturated heterocycles. The second-order valence-corrected chi connectivity index (χ2v) is 10.3. The van der Waals surface area contributed by atoms with E-state index < -0.39 is 0 Å². The lowest BCUT2D eigenvalue weighted by atomic mass is 9.96. The van der Waals surface area contributed by atoms with E-state index in [9.17, 15) is 0 Å². The molecule has 188 valence electrons. The molecule has 0 radical (unpaired) electrons. The summed E-state index contributed by atoms with van der Waals surface area (Å²) in [6, 6.07) is 16.8. The molecule has 0 atom stereocenters. The van der Waals surface area contributed by atoms with E-state index in [1.165, 1.54) is 0 Å². The number of aromatic nitrogens is 3. The summed E-state index contributed by atoms with van der Waals surface area (Å²) in [7, 11) is 1.69. The van der Waals surface area contributed by atoms with Gasteiger partial charge in [-0.25, -0.2) is 9.97 Å². The molecule has 0 saturated carbocycles. The molecular formula is C29H35N5O2. The lowest BCUT2D eigenvalue weighted by Crippen LogP contribution is -2.39. The largest absolute Gasteiger partial charge is 0.497 e. The molecule has 0 spiro atoms. The van der Waals surface area contributed by atoms with E-state index in [-0.39, 0.29) is 5.41 Å². The van der Waals surface area contributed by atoms with Crippen LogP contribution in [0.5, 0.6) is 5.75 Å². The van der Waals surface area contributed by atoms with Crippen LogP contribution in [0.25, 0.3) is 33.3 Å². The molecule has 0 bridgehead atoms. The highest BCUT2D eigenvalue weighted by molar-refractivity contribution is 5.90. The molecule has 1 fully saturated rings. The van der Waals surface area contributed by atoms with Gasteiger partial charge in [0.1, 0.15) is 17.4 Å². The molecule has 2 aromatic heterocycles. The van der Waals surface area contributed by atoms with Crippen molar-refractivity contribution in [2.75, 3.05) is 51.8 Å². The Morgan fingerprint density at radius 1 is 1.00 bits per heavy atom. The Balaban J connectivity index is 1.45. The number of pyridine rings is 1. The van der Waals surface area contributed by atoms with E-state index in [2.05, 4.69) is 77.4 Å². The number of nitrogens with zero attached hydrogens (tertiary/aromatic N) is 3. The molecule has 4 aromatic rings. The number of rotatable bonds is 7. The van der Waals surface area contributed by atoms with Gasteiger partial charge in [-0.15, -0.1) is 0 Å². The van der Waals surface area contributed by atoms with Gasteiger partial charge < -0.3 is 19.8 Å². The summed E-state index contributed by atoms with van der Waals surface area (Å²) in [4.78, 5) is 15.7. The van der Waals surface area contributed by atoms with Gasteiger partial charge in [0.15, 0.2) is 0 Å². The molecule has 1 aliphatic rings. The van der Waals surface area contributed by atoms with Crippen LogP contribution in [0.4, 0.5) is 5.82 Å². The smallest absolute Gasteiger partial charge is 0.126 e. The fourth-order valence-electron chi connectivity index (χ4n) is 4.49. The third-order valence-electron chi connectivity index (χ3n) is 6.62. The Hall–Kier alpha value is -3.42. The molecule has 36 heavy (non-hydrogen) atoms. The van der Waals surface area contributed by atoms with Gasteiger partial charge in [0.25, 0.3) is 0 Å². The fraction of sp³-hybridized carbons (Fsp3) is 0.379. The van der Waals surface area contributed by atoms with Crippen LogP contribution in [0.15, 0.2) is 54.7 Å². The topological polar surface area (TPSA) is 75.3 Å². The van der Waals surface area contributed by atoms with Gasteiger partial charge in [-0.1, -0.05) is 39.0 Å². The minimum Gasteiger partial charge on any atom is -0.497 e. The number of hydrogen-bond acceptors (Lipinski definition) is 6. The standard InChI is InChI=1S/C29H35N5O2/c1-29(2,3)28-32-26(22-6-5-21-18-24(35-4)8-7-20(21)17-22)27(33-28)23-9-10-30-25(19-23)31-11-12-34-13-15-36-16-14-34/h5-10,17-19H,11-16H2,1-4H3,(H,30,31)(H,32,33). The monoisotopic (exact) mass is 485 g/mol. The third-order valence-corrected chi connectivity index (χ3v) is 6.62. The van der Waals surface area contributed by atoms with E-state index in [1.807, 2.05) is 18.3 Å². The average molecular weight is 486 g/mol. The Morgan fingerprint density at radius 3 is 2.56 bits per heavy atom. The first-order chi connectivity index (χ1) is 17.4. The van der Waals surface area contributed by atoms with Gasteiger partial charge in [-0.3, -0.25) is 4.90 Å². The maximum Gasteiger partial charge on any atom is 0.126 e. The number of imidazole rings is 1. The average Bonchev–Trinajstić information content (AvgIpc) is 3.35. The molecule has 3 heterocycles. The van der Waals surface area contributed by atoms with Gasteiger partial charge in [0, 0.05) is 48.9 Å². The van der Waals surface area contributed by atoms with Crippen molar-refractivity contribution in [3.63, 3.8) is 0 Å². The second-order valence-electron chi connectivity index (χ2n) is 10.3. The summed E-state index contributed by atoms with van der Waals surface area (Å²) in [6.45, 7) is 11.9. The summed E-state index contributed by atoms with van der Waals surface area (Å²) in [5, 5.41) is 5.79. The molecule has 0 aliphatic carbocycles. The van der Waals surface area contributed by atoms with Crippen LogP contribution in [-0.2, 0) is 10.2 Å². The van der Waals surface area contributed by atoms with Gasteiger partial charge in [0.2, 0.25) is 0 Å². The van der Waals surface area contributed by atoms with E-state index in [0.29, 0.717) is 0 Å². The van der Waals surface area contributed by atoms with Gasteiger partial charge in [0.05, 0.1) is 31.7 Å². The summed E-state index contributed by atoms with van der Waals surface area (Å²) in [5.41, 5.74) is 3.98. The zero-order valence-electron chi connectivity index (χ0n) is 21.6. The first kappa shape index (κ1) is 24.3. The highest BCUT2D eigenvalue weighted by Gasteiger charge is 2.23. The van der Waals surface area contributed by atoms with Crippen molar-refractivity contribution in [2.45, 2.75) is 26.2 Å².